The summed E-state index contributed by atoms with van der Waals surface area (Å²) in [6.07, 6.45) is 0.895. The Balaban J connectivity index is 3.38. The van der Waals surface area contributed by atoms with Crippen molar-refractivity contribution in [2.45, 2.75) is 13.3 Å². The largest absolute Gasteiger partial charge is 0.203 e. The van der Waals surface area contributed by atoms with Crippen LogP contribution in [0.3, 0.4) is 0 Å². The van der Waals surface area contributed by atoms with Crippen LogP contribution in [-0.4, -0.2) is 0 Å². The van der Waals surface area contributed by atoms with Crippen LogP contribution in [-0.2, 0) is 6.42 Å². The molecule has 5 heteroatoms. The van der Waals surface area contributed by atoms with Crippen molar-refractivity contribution >= 4 is 11.6 Å². The van der Waals surface area contributed by atoms with Gasteiger partial charge >= 0.3 is 0 Å². The summed E-state index contributed by atoms with van der Waals surface area (Å²) in [4.78, 5) is 0. The standard InChI is InChI=1S/C10H7ClF4/c1-5-7(12)9(14)6(3-2-4-11)10(15)8(5)13/h2,4H,3H2,1H3/b4-2-. The Bertz CT molecular complexity index is 383. The van der Waals surface area contributed by atoms with Gasteiger partial charge < -0.3 is 0 Å². The molecule has 1 rings (SSSR count). The molecule has 1 aromatic rings. The van der Waals surface area contributed by atoms with E-state index in [9.17, 15) is 17.6 Å². The average molecular weight is 239 g/mol. The van der Waals surface area contributed by atoms with Crippen LogP contribution in [0.2, 0.25) is 0 Å². The SMILES string of the molecule is Cc1c(F)c(F)c(C/C=C\Cl)c(F)c1F. The molecular weight excluding hydrogens is 232 g/mol. The van der Waals surface area contributed by atoms with E-state index in [0.29, 0.717) is 0 Å². The van der Waals surface area contributed by atoms with Crippen molar-refractivity contribution in [3.63, 3.8) is 0 Å². The molecule has 0 aliphatic heterocycles. The third-order valence-electron chi connectivity index (χ3n) is 1.98. The van der Waals surface area contributed by atoms with E-state index >= 15 is 0 Å². The lowest BCUT2D eigenvalue weighted by molar-refractivity contribution is 0.434. The van der Waals surface area contributed by atoms with Crippen LogP contribution in [0.1, 0.15) is 11.1 Å². The van der Waals surface area contributed by atoms with E-state index in [4.69, 9.17) is 11.6 Å². The summed E-state index contributed by atoms with van der Waals surface area (Å²) >= 11 is 5.15. The molecule has 0 spiro atoms. The lowest BCUT2D eigenvalue weighted by atomic mass is 10.1. The van der Waals surface area contributed by atoms with Crippen molar-refractivity contribution in [3.8, 4) is 0 Å². The minimum Gasteiger partial charge on any atom is -0.203 e. The monoisotopic (exact) mass is 238 g/mol. The first kappa shape index (κ1) is 12.0. The molecule has 0 bridgehead atoms. The van der Waals surface area contributed by atoms with Crippen LogP contribution < -0.4 is 0 Å². The number of benzene rings is 1. The minimum absolute atomic E-state index is 0.296. The van der Waals surface area contributed by atoms with E-state index in [1.807, 2.05) is 0 Å². The van der Waals surface area contributed by atoms with Gasteiger partial charge in [0.05, 0.1) is 0 Å². The van der Waals surface area contributed by atoms with E-state index in [1.54, 1.807) is 0 Å². The fraction of sp³-hybridized carbons (Fsp3) is 0.200. The van der Waals surface area contributed by atoms with Gasteiger partial charge in [-0.15, -0.1) is 0 Å². The molecule has 82 valence electrons. The van der Waals surface area contributed by atoms with Crippen molar-refractivity contribution in [2.24, 2.45) is 0 Å². The van der Waals surface area contributed by atoms with Gasteiger partial charge in [-0.3, -0.25) is 0 Å². The molecular formula is C10H7ClF4. The fourth-order valence-corrected chi connectivity index (χ4v) is 1.22. The van der Waals surface area contributed by atoms with Crippen LogP contribution in [0.15, 0.2) is 11.6 Å². The number of allylic oxidation sites excluding steroid dienone is 1. The second kappa shape index (κ2) is 4.66. The van der Waals surface area contributed by atoms with Crippen LogP contribution >= 0.6 is 11.6 Å². The first-order chi connectivity index (χ1) is 7.00. The number of halogens is 5. The molecule has 0 fully saturated rings. The average Bonchev–Trinajstić information content (AvgIpc) is 2.24. The molecule has 0 radical (unpaired) electrons. The molecule has 0 nitrogen and oxygen atoms in total. The molecule has 0 amide bonds. The highest BCUT2D eigenvalue weighted by Gasteiger charge is 2.21. The van der Waals surface area contributed by atoms with Gasteiger partial charge in [0.15, 0.2) is 23.3 Å². The van der Waals surface area contributed by atoms with Gasteiger partial charge in [-0.2, -0.15) is 0 Å². The molecule has 15 heavy (non-hydrogen) atoms. The van der Waals surface area contributed by atoms with Crippen molar-refractivity contribution < 1.29 is 17.6 Å². The lowest BCUT2D eigenvalue weighted by Crippen LogP contribution is -2.05. The number of hydrogen-bond acceptors (Lipinski definition) is 0. The summed E-state index contributed by atoms with van der Waals surface area (Å²) < 4.78 is 52.4. The van der Waals surface area contributed by atoms with E-state index in [0.717, 1.165) is 12.5 Å². The van der Waals surface area contributed by atoms with Gasteiger partial charge in [-0.1, -0.05) is 17.7 Å². The first-order valence-electron chi connectivity index (χ1n) is 4.07. The third-order valence-corrected chi connectivity index (χ3v) is 2.16. The van der Waals surface area contributed by atoms with E-state index in [1.165, 1.54) is 6.08 Å². The maximum atomic E-state index is 13.2. The Labute approximate surface area is 89.2 Å². The number of rotatable bonds is 2. The molecule has 0 heterocycles. The fourth-order valence-electron chi connectivity index (χ4n) is 1.13. The topological polar surface area (TPSA) is 0 Å². The highest BCUT2D eigenvalue weighted by Crippen LogP contribution is 2.24. The summed E-state index contributed by atoms with van der Waals surface area (Å²) in [7, 11) is 0. The minimum atomic E-state index is -1.37. The predicted octanol–water partition coefficient (Wildman–Crippen LogP) is 3.85. The lowest BCUT2D eigenvalue weighted by Gasteiger charge is -2.07. The zero-order valence-corrected chi connectivity index (χ0v) is 8.51. The van der Waals surface area contributed by atoms with Gasteiger partial charge in [-0.25, -0.2) is 17.6 Å². The van der Waals surface area contributed by atoms with Crippen molar-refractivity contribution in [2.75, 3.05) is 0 Å². The summed E-state index contributed by atoms with van der Waals surface area (Å²) in [6.45, 7) is 0.970. The second-order valence-electron chi connectivity index (χ2n) is 2.93. The summed E-state index contributed by atoms with van der Waals surface area (Å²) in [6, 6.07) is 0. The first-order valence-corrected chi connectivity index (χ1v) is 4.51. The van der Waals surface area contributed by atoms with Crippen molar-refractivity contribution in [1.29, 1.82) is 0 Å². The van der Waals surface area contributed by atoms with Gasteiger partial charge in [0.25, 0.3) is 0 Å². The molecule has 0 saturated heterocycles. The molecule has 0 atom stereocenters. The summed E-state index contributed by atoms with van der Waals surface area (Å²) in [5, 5.41) is 0. The summed E-state index contributed by atoms with van der Waals surface area (Å²) in [5.41, 5.74) is -0.301. The molecule has 0 aliphatic rings. The maximum absolute atomic E-state index is 13.2. The number of hydrogen-bond donors (Lipinski definition) is 0. The maximum Gasteiger partial charge on any atom is 0.165 e. The van der Waals surface area contributed by atoms with Crippen LogP contribution in [0.5, 0.6) is 0 Å². The van der Waals surface area contributed by atoms with E-state index in [2.05, 4.69) is 0 Å². The van der Waals surface area contributed by atoms with E-state index < -0.39 is 34.4 Å². The van der Waals surface area contributed by atoms with Crippen molar-refractivity contribution in [1.82, 2.24) is 0 Å². The molecule has 0 unspecified atom stereocenters. The Morgan fingerprint density at radius 2 is 1.47 bits per heavy atom. The molecule has 0 N–H and O–H groups in total. The molecule has 0 aliphatic carbocycles. The molecule has 0 saturated carbocycles. The quantitative estimate of drug-likeness (QED) is 0.542. The van der Waals surface area contributed by atoms with Crippen LogP contribution in [0, 0.1) is 30.2 Å². The van der Waals surface area contributed by atoms with Gasteiger partial charge in [-0.05, 0) is 13.3 Å². The highest BCUT2D eigenvalue weighted by molar-refractivity contribution is 6.25. The second-order valence-corrected chi connectivity index (χ2v) is 3.18. The smallest absolute Gasteiger partial charge is 0.165 e. The third kappa shape index (κ3) is 2.15. The zero-order valence-electron chi connectivity index (χ0n) is 7.75. The van der Waals surface area contributed by atoms with Crippen molar-refractivity contribution in [3.05, 3.63) is 46.0 Å². The van der Waals surface area contributed by atoms with Gasteiger partial charge in [0, 0.05) is 16.7 Å². The van der Waals surface area contributed by atoms with E-state index in [-0.39, 0.29) is 6.42 Å². The van der Waals surface area contributed by atoms with Gasteiger partial charge in [0.2, 0.25) is 0 Å². The Morgan fingerprint density at radius 1 is 1.00 bits per heavy atom. The van der Waals surface area contributed by atoms with Gasteiger partial charge in [0.1, 0.15) is 0 Å². The highest BCUT2D eigenvalue weighted by atomic mass is 35.5. The Morgan fingerprint density at radius 3 is 1.87 bits per heavy atom. The summed E-state index contributed by atoms with van der Waals surface area (Å²) in [5.74, 6) is -5.49. The zero-order chi connectivity index (χ0) is 11.6. The Kier molecular flexibility index (Phi) is 3.74. The van der Waals surface area contributed by atoms with Crippen LogP contribution in [0.25, 0.3) is 0 Å². The predicted molar refractivity (Wildman–Crippen MR) is 49.7 cm³/mol. The molecule has 0 aromatic heterocycles. The Hall–Kier alpha value is -1.03. The molecule has 1 aromatic carbocycles. The van der Waals surface area contributed by atoms with Crippen LogP contribution in [0.4, 0.5) is 17.6 Å². The normalized spacial score (nSPS) is 11.3.